The van der Waals surface area contributed by atoms with E-state index in [1.807, 2.05) is 33.0 Å². The van der Waals surface area contributed by atoms with Crippen molar-refractivity contribution in [1.29, 1.82) is 0 Å². The predicted octanol–water partition coefficient (Wildman–Crippen LogP) is 4.34. The first-order valence-corrected chi connectivity index (χ1v) is 12.9. The number of aromatic nitrogens is 4. The van der Waals surface area contributed by atoms with Gasteiger partial charge in [-0.2, -0.15) is 5.10 Å². The number of anilines is 2. The van der Waals surface area contributed by atoms with E-state index in [4.69, 9.17) is 21.8 Å². The van der Waals surface area contributed by atoms with Crippen LogP contribution in [-0.2, 0) is 10.0 Å². The van der Waals surface area contributed by atoms with Crippen LogP contribution in [0, 0.1) is 6.92 Å². The highest BCUT2D eigenvalue weighted by Gasteiger charge is 2.23. The number of amides is 1. The molecule has 2 heterocycles. The lowest BCUT2D eigenvalue weighted by Gasteiger charge is -2.25. The number of rotatable bonds is 8. The van der Waals surface area contributed by atoms with Crippen molar-refractivity contribution in [1.82, 2.24) is 25.1 Å². The Morgan fingerprint density at radius 2 is 1.91 bits per heavy atom. The van der Waals surface area contributed by atoms with E-state index in [2.05, 4.69) is 25.3 Å². The summed E-state index contributed by atoms with van der Waals surface area (Å²) in [5, 5.41) is 19.3. The van der Waals surface area contributed by atoms with E-state index in [1.165, 1.54) is 0 Å². The van der Waals surface area contributed by atoms with Crippen molar-refractivity contribution >= 4 is 39.4 Å². The molecule has 2 aromatic heterocycles. The molecule has 0 fully saturated rings. The van der Waals surface area contributed by atoms with E-state index < -0.39 is 21.8 Å². The summed E-state index contributed by atoms with van der Waals surface area (Å²) in [7, 11) is -3.55. The Morgan fingerprint density at radius 3 is 2.51 bits per heavy atom. The lowest BCUT2D eigenvalue weighted by Crippen LogP contribution is -2.49. The number of nitrogens with one attached hydrogen (secondary N) is 3. The van der Waals surface area contributed by atoms with E-state index in [1.54, 1.807) is 36.9 Å². The second-order valence-electron chi connectivity index (χ2n) is 8.96. The Labute approximate surface area is 209 Å². The molecule has 0 bridgehead atoms. The van der Waals surface area contributed by atoms with Crippen molar-refractivity contribution in [3.8, 4) is 22.5 Å². The second kappa shape index (κ2) is 9.70. The Kier molecular flexibility index (Phi) is 7.27. The van der Waals surface area contributed by atoms with Gasteiger partial charge in [0, 0.05) is 29.6 Å². The van der Waals surface area contributed by atoms with Gasteiger partial charge in [0.2, 0.25) is 16.0 Å². The molecule has 0 aliphatic heterocycles. The molecule has 0 aliphatic rings. The van der Waals surface area contributed by atoms with E-state index in [0.717, 1.165) is 11.8 Å². The van der Waals surface area contributed by atoms with E-state index in [9.17, 15) is 13.2 Å². The normalized spacial score (nSPS) is 12.0. The molecule has 35 heavy (non-hydrogen) atoms. The van der Waals surface area contributed by atoms with Gasteiger partial charge in [0.25, 0.3) is 0 Å². The predicted molar refractivity (Wildman–Crippen MR) is 136 cm³/mol. The van der Waals surface area contributed by atoms with Crippen LogP contribution in [0.15, 0.2) is 30.6 Å². The summed E-state index contributed by atoms with van der Waals surface area (Å²) in [5.41, 5.74) is 2.22. The van der Waals surface area contributed by atoms with Crippen molar-refractivity contribution in [2.45, 2.75) is 46.3 Å². The van der Waals surface area contributed by atoms with Crippen LogP contribution in [0.2, 0.25) is 5.02 Å². The molecule has 11 nitrogen and oxygen atoms in total. The largest absolute Gasteiger partial charge is 0.465 e. The van der Waals surface area contributed by atoms with Crippen molar-refractivity contribution in [2.75, 3.05) is 16.3 Å². The summed E-state index contributed by atoms with van der Waals surface area (Å²) >= 11 is 6.65. The van der Waals surface area contributed by atoms with Crippen molar-refractivity contribution in [2.24, 2.45) is 0 Å². The molecule has 13 heteroatoms. The smallest absolute Gasteiger partial charge is 0.406 e. The summed E-state index contributed by atoms with van der Waals surface area (Å²) < 4.78 is 27.9. The molecule has 0 spiro atoms. The summed E-state index contributed by atoms with van der Waals surface area (Å²) in [6, 6.07) is 5.20. The van der Waals surface area contributed by atoms with Gasteiger partial charge < -0.3 is 10.4 Å². The van der Waals surface area contributed by atoms with Crippen molar-refractivity contribution < 1.29 is 18.3 Å². The number of nitrogens with zero attached hydrogens (tertiary/aromatic N) is 4. The zero-order valence-corrected chi connectivity index (χ0v) is 21.8. The minimum Gasteiger partial charge on any atom is -0.465 e. The van der Waals surface area contributed by atoms with Gasteiger partial charge in [-0.25, -0.2) is 23.2 Å². The first kappa shape index (κ1) is 26.2. The molecule has 0 unspecified atom stereocenters. The van der Waals surface area contributed by atoms with Crippen LogP contribution in [0.25, 0.3) is 22.5 Å². The van der Waals surface area contributed by atoms with Gasteiger partial charge in [-0.1, -0.05) is 11.6 Å². The third-order valence-corrected chi connectivity index (χ3v) is 5.80. The van der Waals surface area contributed by atoms with Crippen LogP contribution in [0.3, 0.4) is 0 Å². The molecule has 1 amide bonds. The minimum absolute atomic E-state index is 0.0258. The average Bonchev–Trinajstić information content (AvgIpc) is 3.13. The van der Waals surface area contributed by atoms with Crippen LogP contribution in [0.4, 0.5) is 16.4 Å². The van der Waals surface area contributed by atoms with Crippen LogP contribution < -0.4 is 15.4 Å². The van der Waals surface area contributed by atoms with Crippen LogP contribution in [-0.4, -0.2) is 51.3 Å². The Balaban J connectivity index is 2.15. The fourth-order valence-electron chi connectivity index (χ4n) is 3.40. The van der Waals surface area contributed by atoms with Gasteiger partial charge in [-0.05, 0) is 58.4 Å². The summed E-state index contributed by atoms with van der Waals surface area (Å²) in [4.78, 5) is 19.8. The third kappa shape index (κ3) is 6.61. The molecule has 0 radical (unpaired) electrons. The van der Waals surface area contributed by atoms with Crippen molar-refractivity contribution in [3.05, 3.63) is 41.2 Å². The van der Waals surface area contributed by atoms with Crippen molar-refractivity contribution in [3.63, 3.8) is 0 Å². The standard InChI is InChI=1S/C22H28ClN7O4S/c1-12(2)30-11-15(16-7-8-24-20(25-16)26-22(4,5)27-21(31)32)19(28-30)14-9-13(3)10-17(18(14)23)29-35(6,33)34/h7-12,27,29H,1-6H3,(H,31,32)(H,24,25,26). The Hall–Kier alpha value is -3.38. The molecular weight excluding hydrogens is 494 g/mol. The average molecular weight is 522 g/mol. The van der Waals surface area contributed by atoms with Gasteiger partial charge in [0.05, 0.1) is 22.7 Å². The fourth-order valence-corrected chi connectivity index (χ4v) is 4.27. The molecule has 0 atom stereocenters. The lowest BCUT2D eigenvalue weighted by atomic mass is 10.0. The number of hydrogen-bond donors (Lipinski definition) is 4. The molecule has 3 aromatic rings. The van der Waals surface area contributed by atoms with E-state index in [-0.39, 0.29) is 22.7 Å². The highest BCUT2D eigenvalue weighted by Crippen LogP contribution is 2.39. The Morgan fingerprint density at radius 1 is 1.23 bits per heavy atom. The highest BCUT2D eigenvalue weighted by molar-refractivity contribution is 7.92. The molecule has 3 rings (SSSR count). The molecular formula is C22H28ClN7O4S. The monoisotopic (exact) mass is 521 g/mol. The molecule has 0 saturated carbocycles. The zero-order valence-electron chi connectivity index (χ0n) is 20.2. The maximum atomic E-state index is 11.9. The SMILES string of the molecule is Cc1cc(NS(C)(=O)=O)c(Cl)c(-c2nn(C(C)C)cc2-c2ccnc(NC(C)(C)NC(=O)O)n2)c1. The minimum atomic E-state index is -3.55. The Bertz CT molecular complexity index is 1370. The van der Waals surface area contributed by atoms with E-state index in [0.29, 0.717) is 22.5 Å². The number of carbonyl (C=O) groups is 1. The maximum Gasteiger partial charge on any atom is 0.406 e. The lowest BCUT2D eigenvalue weighted by molar-refractivity contribution is 0.185. The van der Waals surface area contributed by atoms with Crippen LogP contribution >= 0.6 is 11.6 Å². The van der Waals surface area contributed by atoms with E-state index >= 15 is 0 Å². The van der Waals surface area contributed by atoms with Gasteiger partial charge >= 0.3 is 6.09 Å². The quantitative estimate of drug-likeness (QED) is 0.319. The van der Waals surface area contributed by atoms with Crippen LogP contribution in [0.5, 0.6) is 0 Å². The maximum absolute atomic E-state index is 11.9. The summed E-state index contributed by atoms with van der Waals surface area (Å²) in [5.74, 6) is 0.208. The first-order valence-electron chi connectivity index (χ1n) is 10.7. The zero-order chi connectivity index (χ0) is 26.1. The molecule has 188 valence electrons. The van der Waals surface area contributed by atoms with Gasteiger partial charge in [-0.3, -0.25) is 14.7 Å². The number of sulfonamides is 1. The number of aryl methyl sites for hydroxylation is 1. The second-order valence-corrected chi connectivity index (χ2v) is 11.1. The first-order chi connectivity index (χ1) is 16.1. The van der Waals surface area contributed by atoms with Gasteiger partial charge in [0.1, 0.15) is 11.4 Å². The topological polar surface area (TPSA) is 151 Å². The van der Waals surface area contributed by atoms with Crippen LogP contribution in [0.1, 0.15) is 39.3 Å². The number of hydrogen-bond acceptors (Lipinski definition) is 7. The number of halogens is 1. The molecule has 0 aliphatic carbocycles. The summed E-state index contributed by atoms with van der Waals surface area (Å²) in [6.07, 6.45) is 3.24. The molecule has 0 saturated heterocycles. The fraction of sp³-hybridized carbons (Fsp3) is 0.364. The van der Waals surface area contributed by atoms with Gasteiger partial charge in [0.15, 0.2) is 0 Å². The third-order valence-electron chi connectivity index (χ3n) is 4.80. The summed E-state index contributed by atoms with van der Waals surface area (Å²) in [6.45, 7) is 9.06. The van der Waals surface area contributed by atoms with Gasteiger partial charge in [-0.15, -0.1) is 0 Å². The highest BCUT2D eigenvalue weighted by atomic mass is 35.5. The molecule has 4 N–H and O–H groups in total. The molecule has 1 aromatic carbocycles. The number of benzene rings is 1. The number of carboxylic acid groups (broad SMARTS) is 1.